The molecule has 0 aliphatic carbocycles. The summed E-state index contributed by atoms with van der Waals surface area (Å²) in [6, 6.07) is 0. The van der Waals surface area contributed by atoms with Crippen LogP contribution in [-0.2, 0) is 27.3 Å². The molecule has 0 amide bonds. The van der Waals surface area contributed by atoms with E-state index in [9.17, 15) is 0 Å². The zero-order valence-corrected chi connectivity index (χ0v) is 10.6. The maximum Gasteiger partial charge on any atom is 2.00 e. The zero-order valence-electron chi connectivity index (χ0n) is 6.54. The molecule has 0 bridgehead atoms. The van der Waals surface area contributed by atoms with E-state index in [4.69, 9.17) is 0 Å². The molecule has 0 aliphatic heterocycles. The third-order valence-corrected chi connectivity index (χ3v) is 0. The molecule has 0 nitrogen and oxygen atoms in total. The molecule has 0 aromatic rings. The maximum absolute atomic E-state index is 3.44. The summed E-state index contributed by atoms with van der Waals surface area (Å²) in [5.41, 5.74) is 1.83. The minimum Gasteiger partial charge on any atom is -0.242 e. The van der Waals surface area contributed by atoms with Crippen LogP contribution >= 0.6 is 0 Å². The summed E-state index contributed by atoms with van der Waals surface area (Å²) in [6.07, 6.45) is 0. The van der Waals surface area contributed by atoms with Gasteiger partial charge in [0.15, 0.2) is 0 Å². The Labute approximate surface area is 79.2 Å². The largest absolute Gasteiger partial charge is 2.00 e. The van der Waals surface area contributed by atoms with Gasteiger partial charge < -0.3 is 0 Å². The molecular weight excluding hydrogens is 208 g/mol. The monoisotopic (exact) mass is 224 g/mol. The van der Waals surface area contributed by atoms with Crippen molar-refractivity contribution < 1.29 is 27.3 Å². The van der Waals surface area contributed by atoms with Gasteiger partial charge in [0.25, 0.3) is 0 Å². The Kier molecular flexibility index (Phi) is 19.7. The Morgan fingerprint density at radius 3 is 1.00 bits per heavy atom. The second-order valence-corrected chi connectivity index (χ2v) is 1.91. The molecular formula is C8H14Cd. The molecule has 1 heteroatoms. The van der Waals surface area contributed by atoms with Gasteiger partial charge in [0.05, 0.1) is 0 Å². The minimum absolute atomic E-state index is 0. The third-order valence-electron chi connectivity index (χ3n) is 0. The minimum atomic E-state index is 0. The van der Waals surface area contributed by atoms with E-state index >= 15 is 0 Å². The predicted molar refractivity (Wildman–Crippen MR) is 40.3 cm³/mol. The number of rotatable bonds is 0. The predicted octanol–water partition coefficient (Wildman–Crippen LogP) is 2.79. The summed E-state index contributed by atoms with van der Waals surface area (Å²) < 4.78 is 0. The van der Waals surface area contributed by atoms with Crippen molar-refractivity contribution in [2.45, 2.75) is 13.8 Å². The van der Waals surface area contributed by atoms with Crippen LogP contribution in [0.4, 0.5) is 0 Å². The average molecular weight is 223 g/mol. The molecule has 0 unspecified atom stereocenters. The molecule has 0 fully saturated rings. The summed E-state index contributed by atoms with van der Waals surface area (Å²) in [7, 11) is 0. The quantitative estimate of drug-likeness (QED) is 0.437. The molecule has 0 aromatic carbocycles. The van der Waals surface area contributed by atoms with E-state index < -0.39 is 0 Å². The maximum atomic E-state index is 3.44. The van der Waals surface area contributed by atoms with Gasteiger partial charge in [-0.15, -0.1) is 0 Å². The van der Waals surface area contributed by atoms with Gasteiger partial charge in [0, 0.05) is 0 Å². The third kappa shape index (κ3) is 15200. The summed E-state index contributed by atoms with van der Waals surface area (Å²) in [5, 5.41) is 0. The first-order valence-corrected chi connectivity index (χ1v) is 2.41. The first-order valence-electron chi connectivity index (χ1n) is 2.41. The molecule has 0 radical (unpaired) electrons. The van der Waals surface area contributed by atoms with Crippen LogP contribution in [0.3, 0.4) is 0 Å². The van der Waals surface area contributed by atoms with Crippen molar-refractivity contribution >= 4 is 0 Å². The van der Waals surface area contributed by atoms with Gasteiger partial charge in [-0.25, -0.2) is 38.2 Å². The van der Waals surface area contributed by atoms with Crippen molar-refractivity contribution in [2.24, 2.45) is 0 Å². The second kappa shape index (κ2) is 11.0. The van der Waals surface area contributed by atoms with Crippen molar-refractivity contribution in [1.29, 1.82) is 0 Å². The van der Waals surface area contributed by atoms with Crippen molar-refractivity contribution in [3.63, 3.8) is 0 Å². The van der Waals surface area contributed by atoms with Gasteiger partial charge in [0.2, 0.25) is 0 Å². The van der Waals surface area contributed by atoms with Crippen LogP contribution < -0.4 is 0 Å². The Balaban J connectivity index is -0.0000000720. The van der Waals surface area contributed by atoms with Gasteiger partial charge in [-0.05, 0) is 0 Å². The van der Waals surface area contributed by atoms with E-state index in [1.54, 1.807) is 0 Å². The Morgan fingerprint density at radius 1 is 1.00 bits per heavy atom. The van der Waals surface area contributed by atoms with Crippen LogP contribution in [0.1, 0.15) is 13.8 Å². The molecule has 48 valence electrons. The molecule has 0 saturated heterocycles. The summed E-state index contributed by atoms with van der Waals surface area (Å²) in [4.78, 5) is 0. The molecule has 9 heavy (non-hydrogen) atoms. The van der Waals surface area contributed by atoms with Crippen LogP contribution in [0.25, 0.3) is 0 Å². The number of hydrogen-bond donors (Lipinski definition) is 0. The Bertz CT molecular complexity index is 62.6. The van der Waals surface area contributed by atoms with Crippen molar-refractivity contribution in [3.05, 3.63) is 38.2 Å². The fraction of sp³-hybridized carbons (Fsp3) is 0.250. The average Bonchev–Trinajstić information content (AvgIpc) is 1.25. The SMILES string of the molecule is C=C([CH2-])C.C=C([CH2-])C.[Cd+2]. The number of allylic oxidation sites excluding steroid dienone is 2. The van der Waals surface area contributed by atoms with Crippen LogP contribution in [0.2, 0.25) is 0 Å². The Hall–Kier alpha value is 0.142. The first kappa shape index (κ1) is 16.1. The molecule has 0 aliphatic rings. The molecule has 0 aromatic heterocycles. The van der Waals surface area contributed by atoms with E-state index in [1.165, 1.54) is 0 Å². The normalized spacial score (nSPS) is 5.56. The molecule has 0 heterocycles. The standard InChI is InChI=1S/2C4H7.Cd/c2*1-4(2)3;/h2*1-2H2,3H3;/q2*-1;+2. The molecule has 0 saturated carbocycles. The van der Waals surface area contributed by atoms with E-state index in [2.05, 4.69) is 27.0 Å². The van der Waals surface area contributed by atoms with Crippen LogP contribution in [0.15, 0.2) is 24.3 Å². The summed E-state index contributed by atoms with van der Waals surface area (Å²) >= 11 is 0. The van der Waals surface area contributed by atoms with E-state index in [0.717, 1.165) is 11.1 Å². The fourth-order valence-corrected chi connectivity index (χ4v) is 0. The Morgan fingerprint density at radius 2 is 1.00 bits per heavy atom. The van der Waals surface area contributed by atoms with E-state index in [1.807, 2.05) is 13.8 Å². The van der Waals surface area contributed by atoms with Gasteiger partial charge in [0.1, 0.15) is 0 Å². The van der Waals surface area contributed by atoms with E-state index in [-0.39, 0.29) is 27.3 Å². The van der Waals surface area contributed by atoms with Gasteiger partial charge in [-0.3, -0.25) is 0 Å². The van der Waals surface area contributed by atoms with Gasteiger partial charge in [-0.2, -0.15) is 0 Å². The molecule has 0 spiro atoms. The smallest absolute Gasteiger partial charge is 0.242 e. The van der Waals surface area contributed by atoms with Gasteiger partial charge in [-0.1, -0.05) is 13.8 Å². The number of hydrogen-bond acceptors (Lipinski definition) is 0. The van der Waals surface area contributed by atoms with Crippen LogP contribution in [-0.4, -0.2) is 0 Å². The second-order valence-electron chi connectivity index (χ2n) is 1.91. The van der Waals surface area contributed by atoms with E-state index in [0.29, 0.717) is 0 Å². The van der Waals surface area contributed by atoms with Crippen LogP contribution in [0, 0.1) is 13.8 Å². The van der Waals surface area contributed by atoms with Crippen molar-refractivity contribution in [2.75, 3.05) is 0 Å². The molecule has 0 N–H and O–H groups in total. The topological polar surface area (TPSA) is 0 Å². The fourth-order valence-electron chi connectivity index (χ4n) is 0. The summed E-state index contributed by atoms with van der Waals surface area (Å²) in [6.45, 7) is 17.5. The summed E-state index contributed by atoms with van der Waals surface area (Å²) in [5.74, 6) is 0. The zero-order chi connectivity index (χ0) is 7.15. The van der Waals surface area contributed by atoms with Crippen molar-refractivity contribution in [1.82, 2.24) is 0 Å². The van der Waals surface area contributed by atoms with Crippen LogP contribution in [0.5, 0.6) is 0 Å². The molecule has 0 atom stereocenters. The van der Waals surface area contributed by atoms with Crippen molar-refractivity contribution in [3.8, 4) is 0 Å². The molecule has 0 rings (SSSR count). The van der Waals surface area contributed by atoms with Gasteiger partial charge >= 0.3 is 27.3 Å². The first-order chi connectivity index (χ1) is 3.46.